The van der Waals surface area contributed by atoms with Crippen molar-refractivity contribution in [2.45, 2.75) is 13.0 Å². The van der Waals surface area contributed by atoms with Gasteiger partial charge in [-0.1, -0.05) is 42.5 Å². The number of ether oxygens (including phenoxy) is 1. The second-order valence-electron chi connectivity index (χ2n) is 6.58. The molecule has 0 saturated carbocycles. The van der Waals surface area contributed by atoms with Crippen LogP contribution in [-0.4, -0.2) is 42.9 Å². The van der Waals surface area contributed by atoms with E-state index in [1.165, 1.54) is 17.9 Å². The van der Waals surface area contributed by atoms with Gasteiger partial charge >= 0.3 is 5.97 Å². The maximum Gasteiger partial charge on any atom is 0.326 e. The van der Waals surface area contributed by atoms with Crippen molar-refractivity contribution in [3.63, 3.8) is 0 Å². The summed E-state index contributed by atoms with van der Waals surface area (Å²) in [6, 6.07) is 16.1. The highest BCUT2D eigenvalue weighted by Gasteiger charge is 2.31. The summed E-state index contributed by atoms with van der Waals surface area (Å²) in [6.07, 6.45) is 1.81. The third-order valence-electron chi connectivity index (χ3n) is 4.33. The fourth-order valence-electron chi connectivity index (χ4n) is 2.89. The van der Waals surface area contributed by atoms with Gasteiger partial charge in [-0.05, 0) is 30.7 Å². The number of hydrogen-bond donors (Lipinski definition) is 2. The summed E-state index contributed by atoms with van der Waals surface area (Å²) in [5.41, 5.74) is 1.89. The van der Waals surface area contributed by atoms with Gasteiger partial charge in [-0.3, -0.25) is 24.1 Å². The molecule has 1 aliphatic rings. The van der Waals surface area contributed by atoms with E-state index in [1.54, 1.807) is 30.3 Å². The fourth-order valence-corrected chi connectivity index (χ4v) is 2.89. The molecule has 3 amide bonds. The van der Waals surface area contributed by atoms with Crippen LogP contribution in [-0.2, 0) is 23.9 Å². The molecule has 0 fully saturated rings. The van der Waals surface area contributed by atoms with Crippen LogP contribution in [0.25, 0.3) is 6.08 Å². The lowest BCUT2D eigenvalue weighted by Gasteiger charge is -2.30. The minimum Gasteiger partial charge on any atom is -0.451 e. The average molecular weight is 407 g/mol. The molecule has 0 radical (unpaired) electrons. The van der Waals surface area contributed by atoms with Crippen molar-refractivity contribution >= 4 is 41.1 Å². The maximum atomic E-state index is 12.7. The summed E-state index contributed by atoms with van der Waals surface area (Å²) >= 11 is 0. The van der Waals surface area contributed by atoms with Gasteiger partial charge in [0.05, 0.1) is 11.4 Å². The molecular formula is C22H21N3O5. The van der Waals surface area contributed by atoms with E-state index >= 15 is 0 Å². The number of rotatable bonds is 6. The maximum absolute atomic E-state index is 12.7. The topological polar surface area (TPSA) is 105 Å². The number of nitrogens with zero attached hydrogens (tertiary/aromatic N) is 1. The van der Waals surface area contributed by atoms with Crippen molar-refractivity contribution in [1.29, 1.82) is 0 Å². The van der Waals surface area contributed by atoms with Crippen LogP contribution in [0, 0.1) is 0 Å². The monoisotopic (exact) mass is 407 g/mol. The van der Waals surface area contributed by atoms with E-state index in [1.807, 2.05) is 30.3 Å². The average Bonchev–Trinajstić information content (AvgIpc) is 2.75. The predicted molar refractivity (Wildman–Crippen MR) is 111 cm³/mol. The zero-order valence-electron chi connectivity index (χ0n) is 16.3. The first-order chi connectivity index (χ1) is 14.4. The van der Waals surface area contributed by atoms with E-state index in [0.717, 1.165) is 5.56 Å². The molecule has 1 aliphatic heterocycles. The van der Waals surface area contributed by atoms with Gasteiger partial charge in [0, 0.05) is 6.08 Å². The predicted octanol–water partition coefficient (Wildman–Crippen LogP) is 1.73. The van der Waals surface area contributed by atoms with E-state index in [-0.39, 0.29) is 19.0 Å². The summed E-state index contributed by atoms with van der Waals surface area (Å²) in [4.78, 5) is 49.7. The molecule has 30 heavy (non-hydrogen) atoms. The molecule has 0 aromatic heterocycles. The zero-order chi connectivity index (χ0) is 21.5. The number of para-hydroxylation sites is 2. The van der Waals surface area contributed by atoms with E-state index in [9.17, 15) is 19.2 Å². The van der Waals surface area contributed by atoms with Crippen LogP contribution in [0.1, 0.15) is 12.5 Å². The van der Waals surface area contributed by atoms with Crippen LogP contribution in [0.5, 0.6) is 0 Å². The van der Waals surface area contributed by atoms with Crippen LogP contribution in [0.4, 0.5) is 11.4 Å². The number of anilines is 2. The van der Waals surface area contributed by atoms with Crippen LogP contribution in [0.3, 0.4) is 0 Å². The van der Waals surface area contributed by atoms with Crippen molar-refractivity contribution < 1.29 is 23.9 Å². The van der Waals surface area contributed by atoms with E-state index in [0.29, 0.717) is 11.4 Å². The number of fused-ring (bicyclic) bond motifs is 1. The Morgan fingerprint density at radius 2 is 1.83 bits per heavy atom. The number of carbonyl (C=O) groups is 4. The molecule has 2 aromatic carbocycles. The minimum atomic E-state index is -1.12. The normalized spacial score (nSPS) is 13.9. The first kappa shape index (κ1) is 20.8. The molecule has 8 heteroatoms. The molecule has 1 atom stereocenters. The highest BCUT2D eigenvalue weighted by atomic mass is 16.5. The van der Waals surface area contributed by atoms with Crippen molar-refractivity contribution in [3.05, 3.63) is 66.2 Å². The quantitative estimate of drug-likeness (QED) is 0.561. The lowest BCUT2D eigenvalue weighted by molar-refractivity contribution is -0.153. The van der Waals surface area contributed by atoms with Crippen molar-refractivity contribution in [3.8, 4) is 0 Å². The Balaban J connectivity index is 1.52. The Morgan fingerprint density at radius 1 is 1.13 bits per heavy atom. The molecule has 0 spiro atoms. The number of benzene rings is 2. The molecule has 2 aromatic rings. The number of carbonyl (C=O) groups excluding carboxylic acids is 4. The molecule has 0 unspecified atom stereocenters. The van der Waals surface area contributed by atoms with Crippen molar-refractivity contribution in [2.75, 3.05) is 23.3 Å². The largest absolute Gasteiger partial charge is 0.451 e. The summed E-state index contributed by atoms with van der Waals surface area (Å²) in [7, 11) is 0. The zero-order valence-corrected chi connectivity index (χ0v) is 16.3. The van der Waals surface area contributed by atoms with Gasteiger partial charge in [0.2, 0.25) is 11.8 Å². The smallest absolute Gasteiger partial charge is 0.326 e. The highest BCUT2D eigenvalue weighted by molar-refractivity contribution is 6.11. The Labute approximate surface area is 173 Å². The molecule has 8 nitrogen and oxygen atoms in total. The van der Waals surface area contributed by atoms with Gasteiger partial charge in [-0.25, -0.2) is 0 Å². The van der Waals surface area contributed by atoms with Crippen LogP contribution >= 0.6 is 0 Å². The van der Waals surface area contributed by atoms with Crippen molar-refractivity contribution in [2.24, 2.45) is 0 Å². The third-order valence-corrected chi connectivity index (χ3v) is 4.33. The lowest BCUT2D eigenvalue weighted by atomic mass is 10.1. The molecule has 0 bridgehead atoms. The first-order valence-electron chi connectivity index (χ1n) is 9.35. The van der Waals surface area contributed by atoms with Gasteiger partial charge in [-0.2, -0.15) is 0 Å². The van der Waals surface area contributed by atoms with E-state index < -0.39 is 23.9 Å². The van der Waals surface area contributed by atoms with Crippen LogP contribution in [0.2, 0.25) is 0 Å². The molecular weight excluding hydrogens is 386 g/mol. The SMILES string of the molecule is C[C@@H](OC(=O)CNC(=O)/C=C/c1ccccc1)C(=O)N1CC(=O)Nc2ccccc21. The van der Waals surface area contributed by atoms with Crippen LogP contribution < -0.4 is 15.5 Å². The van der Waals surface area contributed by atoms with Crippen LogP contribution in [0.15, 0.2) is 60.7 Å². The van der Waals surface area contributed by atoms with Gasteiger partial charge in [-0.15, -0.1) is 0 Å². The van der Waals surface area contributed by atoms with Crippen molar-refractivity contribution in [1.82, 2.24) is 5.32 Å². The molecule has 3 rings (SSSR count). The third kappa shape index (κ3) is 5.32. The minimum absolute atomic E-state index is 0.168. The second kappa shape index (κ2) is 9.51. The molecule has 154 valence electrons. The highest BCUT2D eigenvalue weighted by Crippen LogP contribution is 2.29. The van der Waals surface area contributed by atoms with E-state index in [4.69, 9.17) is 4.74 Å². The van der Waals surface area contributed by atoms with Gasteiger partial charge in [0.15, 0.2) is 6.10 Å². The number of amides is 3. The summed E-state index contributed by atoms with van der Waals surface area (Å²) in [5, 5.41) is 5.10. The Morgan fingerprint density at radius 3 is 2.60 bits per heavy atom. The summed E-state index contributed by atoms with van der Waals surface area (Å²) in [6.45, 7) is 0.873. The molecule has 1 heterocycles. The van der Waals surface area contributed by atoms with Gasteiger partial charge in [0.1, 0.15) is 13.1 Å². The number of hydrogen-bond acceptors (Lipinski definition) is 5. The van der Waals surface area contributed by atoms with Gasteiger partial charge in [0.25, 0.3) is 5.91 Å². The summed E-state index contributed by atoms with van der Waals surface area (Å²) < 4.78 is 5.13. The lowest BCUT2D eigenvalue weighted by Crippen LogP contribution is -2.47. The fraction of sp³-hybridized carbons (Fsp3) is 0.182. The second-order valence-corrected chi connectivity index (χ2v) is 6.58. The number of esters is 1. The first-order valence-corrected chi connectivity index (χ1v) is 9.35. The molecule has 2 N–H and O–H groups in total. The van der Waals surface area contributed by atoms with Gasteiger partial charge < -0.3 is 15.4 Å². The standard InChI is InChI=1S/C22H21N3O5/c1-15(22(29)25-14-20(27)24-17-9-5-6-10-18(17)25)30-21(28)13-23-19(26)12-11-16-7-3-2-4-8-16/h2-12,15H,13-14H2,1H3,(H,23,26)(H,24,27)/b12-11+/t15-/m1/s1. The molecule has 0 saturated heterocycles. The Hall–Kier alpha value is -3.94. The van der Waals surface area contributed by atoms with E-state index in [2.05, 4.69) is 10.6 Å². The summed E-state index contributed by atoms with van der Waals surface area (Å²) in [5.74, 6) is -2.08. The Bertz CT molecular complexity index is 987. The number of nitrogens with one attached hydrogen (secondary N) is 2. The molecule has 0 aliphatic carbocycles. The Kier molecular flexibility index (Phi) is 6.59.